The van der Waals surface area contributed by atoms with Gasteiger partial charge in [-0.05, 0) is 113 Å². The highest BCUT2D eigenvalue weighted by Gasteiger charge is 2.66. The van der Waals surface area contributed by atoms with Gasteiger partial charge in [-0.15, -0.1) is 0 Å². The second-order valence-electron chi connectivity index (χ2n) is 16.7. The number of nitrogens with one attached hydrogen (secondary N) is 1. The van der Waals surface area contributed by atoms with E-state index in [0.29, 0.717) is 37.8 Å². The molecule has 1 aromatic carbocycles. The summed E-state index contributed by atoms with van der Waals surface area (Å²) in [6.07, 6.45) is 10.5. The van der Waals surface area contributed by atoms with Gasteiger partial charge in [0.15, 0.2) is 12.4 Å². The number of hydrogen-bond donors (Lipinski definition) is 2. The number of fused-ring (bicyclic) bond motifs is 5. The van der Waals surface area contributed by atoms with Crippen LogP contribution in [0.25, 0.3) is 0 Å². The van der Waals surface area contributed by atoms with Crippen molar-refractivity contribution in [1.29, 1.82) is 0 Å². The van der Waals surface area contributed by atoms with E-state index >= 15 is 0 Å². The van der Waals surface area contributed by atoms with Crippen LogP contribution < -0.4 is 5.32 Å². The van der Waals surface area contributed by atoms with Crippen molar-refractivity contribution in [1.82, 2.24) is 5.32 Å². The molecule has 4 aliphatic carbocycles. The van der Waals surface area contributed by atoms with E-state index in [1.165, 1.54) is 11.1 Å². The molecule has 7 atom stereocenters. The maximum Gasteiger partial charge on any atom is 0.306 e. The molecule has 5 aliphatic rings. The second kappa shape index (κ2) is 13.1. The predicted octanol–water partition coefficient (Wildman–Crippen LogP) is 6.18. The highest BCUT2D eigenvalue weighted by atomic mass is 16.5. The van der Waals surface area contributed by atoms with Crippen LogP contribution in [0, 0.1) is 28.6 Å². The van der Waals surface area contributed by atoms with E-state index in [0.717, 1.165) is 57.8 Å². The zero-order valence-corrected chi connectivity index (χ0v) is 29.4. The summed E-state index contributed by atoms with van der Waals surface area (Å²) < 4.78 is 11.4. The molecule has 6 rings (SSSR count). The lowest BCUT2D eigenvalue weighted by molar-refractivity contribution is -0.170. The topological polar surface area (TPSA) is 119 Å². The van der Waals surface area contributed by atoms with Gasteiger partial charge in [0.1, 0.15) is 5.60 Å². The lowest BCUT2D eigenvalue weighted by atomic mass is 9.46. The molecule has 1 amide bonds. The summed E-state index contributed by atoms with van der Waals surface area (Å²) in [7, 11) is 0. The third kappa shape index (κ3) is 6.32. The van der Waals surface area contributed by atoms with Crippen LogP contribution in [-0.2, 0) is 34.1 Å². The summed E-state index contributed by atoms with van der Waals surface area (Å²) >= 11 is 0. The van der Waals surface area contributed by atoms with Crippen molar-refractivity contribution in [2.24, 2.45) is 28.6 Å². The van der Waals surface area contributed by atoms with Gasteiger partial charge in [-0.2, -0.15) is 0 Å². The molecule has 48 heavy (non-hydrogen) atoms. The first-order chi connectivity index (χ1) is 22.7. The minimum Gasteiger partial charge on any atom is -0.458 e. The third-order valence-electron chi connectivity index (χ3n) is 13.6. The zero-order chi connectivity index (χ0) is 34.4. The molecule has 0 radical (unpaired) electrons. The van der Waals surface area contributed by atoms with Crippen LogP contribution in [0.15, 0.2) is 42.0 Å². The van der Waals surface area contributed by atoms with Gasteiger partial charge in [-0.3, -0.25) is 19.2 Å². The van der Waals surface area contributed by atoms with Gasteiger partial charge in [0.05, 0.1) is 12.0 Å². The second-order valence-corrected chi connectivity index (χ2v) is 16.7. The average molecular weight is 662 g/mol. The number of benzene rings is 1. The molecule has 1 saturated heterocycles. The van der Waals surface area contributed by atoms with Crippen LogP contribution in [0.1, 0.15) is 117 Å². The number of allylic oxidation sites excluding steroid dienone is 1. The van der Waals surface area contributed by atoms with E-state index < -0.39 is 29.4 Å². The molecule has 0 aromatic heterocycles. The Kier molecular flexibility index (Phi) is 9.57. The number of carbonyl (C=O) groups is 4. The molecule has 262 valence electrons. The van der Waals surface area contributed by atoms with Gasteiger partial charge in [0.2, 0.25) is 11.7 Å². The molecule has 0 spiro atoms. The number of hydrogen-bond acceptors (Lipinski definition) is 7. The highest BCUT2D eigenvalue weighted by Crippen LogP contribution is 2.67. The predicted molar refractivity (Wildman–Crippen MR) is 182 cm³/mol. The molecule has 1 heterocycles. The van der Waals surface area contributed by atoms with Gasteiger partial charge in [0, 0.05) is 36.8 Å². The molecule has 0 bridgehead atoms. The van der Waals surface area contributed by atoms with Crippen molar-refractivity contribution in [2.75, 3.05) is 19.8 Å². The fourth-order valence-corrected chi connectivity index (χ4v) is 11.0. The van der Waals surface area contributed by atoms with Crippen LogP contribution in [-0.4, -0.2) is 59.5 Å². The maximum absolute atomic E-state index is 13.6. The summed E-state index contributed by atoms with van der Waals surface area (Å²) in [5.41, 5.74) is 0.112. The van der Waals surface area contributed by atoms with Crippen LogP contribution in [0.4, 0.5) is 0 Å². The van der Waals surface area contributed by atoms with E-state index in [2.05, 4.69) is 45.1 Å². The number of ketones is 2. The normalized spacial score (nSPS) is 37.0. The van der Waals surface area contributed by atoms with Gasteiger partial charge in [0.25, 0.3) is 0 Å². The van der Waals surface area contributed by atoms with E-state index in [1.54, 1.807) is 0 Å². The Hall–Kier alpha value is -2.84. The van der Waals surface area contributed by atoms with Gasteiger partial charge >= 0.3 is 5.97 Å². The fourth-order valence-electron chi connectivity index (χ4n) is 11.0. The van der Waals surface area contributed by atoms with Crippen molar-refractivity contribution >= 4 is 23.4 Å². The lowest BCUT2D eigenvalue weighted by Crippen LogP contribution is -2.58. The standard InChI is InChI=1S/C40H55NO7/c1-36(2)26-39(21-23-48-36,27-8-6-5-7-9-27)20-22-41-34(44)12-13-35(45)47-25-33(43)40(46)19-16-32-30-11-10-28-24-29(42)14-17-37(28,3)31(30)15-18-38(32,40)4/h5-9,24,30-32,46H,10-23,25-26H2,1-4H3,(H,41,44)/t30-,31+,32+,37-,38+,39+,40-/m0/s1. The maximum atomic E-state index is 13.6. The molecular formula is C40H55NO7. The Morgan fingerprint density at radius 2 is 1.69 bits per heavy atom. The number of aliphatic hydroxyl groups is 1. The van der Waals surface area contributed by atoms with Crippen molar-refractivity contribution in [3.63, 3.8) is 0 Å². The average Bonchev–Trinajstić information content (AvgIpc) is 3.34. The first kappa shape index (κ1) is 35.0. The Morgan fingerprint density at radius 1 is 0.938 bits per heavy atom. The zero-order valence-electron chi connectivity index (χ0n) is 29.4. The van der Waals surface area contributed by atoms with Crippen molar-refractivity contribution in [3.05, 3.63) is 47.5 Å². The smallest absolute Gasteiger partial charge is 0.306 e. The molecule has 1 aliphatic heterocycles. The number of ether oxygens (including phenoxy) is 2. The first-order valence-electron chi connectivity index (χ1n) is 18.3. The van der Waals surface area contributed by atoms with E-state index in [4.69, 9.17) is 9.47 Å². The third-order valence-corrected chi connectivity index (χ3v) is 13.6. The summed E-state index contributed by atoms with van der Waals surface area (Å²) in [5.74, 6) is 0.0535. The highest BCUT2D eigenvalue weighted by molar-refractivity contribution is 5.92. The Labute approximate surface area is 285 Å². The SMILES string of the molecule is CC1(C)C[C@](CCNC(=O)CCC(=O)OCC(=O)[C@@]2(O)CC[C@@H]3[C@H]4CCC5=CC(=O)CC[C@]5(C)[C@@H]4CC[C@]32C)(c2ccccc2)CCO1. The minimum absolute atomic E-state index is 0.0200. The van der Waals surface area contributed by atoms with Gasteiger partial charge in [-0.1, -0.05) is 49.8 Å². The summed E-state index contributed by atoms with van der Waals surface area (Å²) in [6.45, 7) is 9.28. The number of Topliss-reactive ketones (excluding diaryl/α,β-unsaturated/α-hetero) is 1. The molecule has 2 N–H and O–H groups in total. The van der Waals surface area contributed by atoms with Gasteiger partial charge in [-0.25, -0.2) is 0 Å². The van der Waals surface area contributed by atoms with E-state index in [1.807, 2.05) is 24.3 Å². The largest absolute Gasteiger partial charge is 0.458 e. The van der Waals surface area contributed by atoms with E-state index in [9.17, 15) is 24.3 Å². The monoisotopic (exact) mass is 661 g/mol. The summed E-state index contributed by atoms with van der Waals surface area (Å²) in [4.78, 5) is 51.1. The Balaban J connectivity index is 0.981. The van der Waals surface area contributed by atoms with Crippen molar-refractivity contribution < 1.29 is 33.8 Å². The molecular weight excluding hydrogens is 606 g/mol. The lowest BCUT2D eigenvalue weighted by Gasteiger charge is -2.58. The molecule has 1 aromatic rings. The summed E-state index contributed by atoms with van der Waals surface area (Å²) in [5, 5.41) is 14.9. The first-order valence-corrected chi connectivity index (χ1v) is 18.3. The van der Waals surface area contributed by atoms with Crippen molar-refractivity contribution in [3.8, 4) is 0 Å². The van der Waals surface area contributed by atoms with Crippen LogP contribution in [0.2, 0.25) is 0 Å². The molecule has 8 heteroatoms. The summed E-state index contributed by atoms with van der Waals surface area (Å²) in [6, 6.07) is 10.4. The quantitative estimate of drug-likeness (QED) is 0.288. The number of rotatable bonds is 10. The van der Waals surface area contributed by atoms with Crippen LogP contribution in [0.5, 0.6) is 0 Å². The number of carbonyl (C=O) groups excluding carboxylic acids is 4. The molecule has 0 unspecified atom stereocenters. The molecule has 8 nitrogen and oxygen atoms in total. The molecule has 4 fully saturated rings. The minimum atomic E-state index is -1.53. The van der Waals surface area contributed by atoms with E-state index in [-0.39, 0.29) is 46.9 Å². The van der Waals surface area contributed by atoms with Crippen LogP contribution >= 0.6 is 0 Å². The van der Waals surface area contributed by atoms with Crippen LogP contribution in [0.3, 0.4) is 0 Å². The Morgan fingerprint density at radius 3 is 2.44 bits per heavy atom. The Bertz CT molecular complexity index is 1450. The fraction of sp³-hybridized carbons (Fsp3) is 0.700. The number of amides is 1. The van der Waals surface area contributed by atoms with Gasteiger partial charge < -0.3 is 19.9 Å². The molecule has 3 saturated carbocycles. The van der Waals surface area contributed by atoms with Crippen molar-refractivity contribution in [2.45, 2.75) is 128 Å². The number of esters is 1.